The lowest BCUT2D eigenvalue weighted by molar-refractivity contribution is -0.146. The van der Waals surface area contributed by atoms with Gasteiger partial charge in [-0.1, -0.05) is 30.3 Å². The number of aromatic amines is 1. The number of benzene rings is 1. The van der Waals surface area contributed by atoms with Crippen molar-refractivity contribution in [1.29, 1.82) is 0 Å². The highest BCUT2D eigenvalue weighted by Crippen LogP contribution is 2.02. The maximum absolute atomic E-state index is 12.6. The number of hydrogen-bond acceptors (Lipinski definition) is 8. The molecule has 2 atom stereocenters. The first-order valence-electron chi connectivity index (χ1n) is 9.63. The van der Waals surface area contributed by atoms with Crippen molar-refractivity contribution in [3.05, 3.63) is 54.1 Å². The van der Waals surface area contributed by atoms with E-state index in [0.717, 1.165) is 12.7 Å². The molecule has 0 bridgehead atoms. The van der Waals surface area contributed by atoms with E-state index in [1.165, 1.54) is 12.5 Å². The van der Waals surface area contributed by atoms with Crippen LogP contribution in [0.25, 0.3) is 0 Å². The molecular weight excluding hydrogens is 422 g/mol. The van der Waals surface area contributed by atoms with Gasteiger partial charge >= 0.3 is 12.1 Å². The van der Waals surface area contributed by atoms with Crippen LogP contribution in [-0.4, -0.2) is 71.3 Å². The van der Waals surface area contributed by atoms with E-state index < -0.39 is 49.1 Å². The molecule has 12 heteroatoms. The molecule has 5 N–H and O–H groups in total. The fraction of sp³-hybridized carbons (Fsp3) is 0.350. The number of ether oxygens (including phenoxy) is 2. The Morgan fingerprint density at radius 2 is 1.88 bits per heavy atom. The van der Waals surface area contributed by atoms with E-state index in [1.807, 2.05) is 6.07 Å². The van der Waals surface area contributed by atoms with Crippen LogP contribution in [0, 0.1) is 0 Å². The summed E-state index contributed by atoms with van der Waals surface area (Å²) < 4.78 is 9.53. The highest BCUT2D eigenvalue weighted by Gasteiger charge is 2.27. The molecule has 0 unspecified atom stereocenters. The quantitative estimate of drug-likeness (QED) is 0.273. The van der Waals surface area contributed by atoms with Gasteiger partial charge in [0.25, 0.3) is 0 Å². The molecule has 12 nitrogen and oxygen atoms in total. The summed E-state index contributed by atoms with van der Waals surface area (Å²) in [5, 5.41) is 16.4. The van der Waals surface area contributed by atoms with E-state index in [0.29, 0.717) is 5.69 Å². The highest BCUT2D eigenvalue weighted by molar-refractivity contribution is 5.92. The summed E-state index contributed by atoms with van der Waals surface area (Å²) in [6.45, 7) is -1.09. The second kappa shape index (κ2) is 12.7. The fourth-order valence-corrected chi connectivity index (χ4v) is 2.59. The van der Waals surface area contributed by atoms with Crippen molar-refractivity contribution in [2.24, 2.45) is 0 Å². The number of amides is 3. The summed E-state index contributed by atoms with van der Waals surface area (Å²) in [4.78, 5) is 55.0. The van der Waals surface area contributed by atoms with Gasteiger partial charge in [-0.25, -0.2) is 14.6 Å². The minimum Gasteiger partial charge on any atom is -0.467 e. The Morgan fingerprint density at radius 1 is 1.12 bits per heavy atom. The van der Waals surface area contributed by atoms with Crippen LogP contribution in [-0.2, 0) is 36.9 Å². The maximum Gasteiger partial charge on any atom is 0.407 e. The van der Waals surface area contributed by atoms with Gasteiger partial charge in [0.15, 0.2) is 6.04 Å². The molecule has 1 aromatic heterocycles. The van der Waals surface area contributed by atoms with Gasteiger partial charge in [-0.15, -0.1) is 0 Å². The number of carbonyl (C=O) groups is 4. The van der Waals surface area contributed by atoms with Crippen molar-refractivity contribution in [3.63, 3.8) is 0 Å². The lowest BCUT2D eigenvalue weighted by atomic mass is 10.1. The number of alkyl carbamates (subject to hydrolysis) is 1. The summed E-state index contributed by atoms with van der Waals surface area (Å²) in [7, 11) is 1.11. The van der Waals surface area contributed by atoms with Crippen molar-refractivity contribution in [2.75, 3.05) is 20.3 Å². The summed E-state index contributed by atoms with van der Waals surface area (Å²) >= 11 is 0. The minimum atomic E-state index is -1.29. The van der Waals surface area contributed by atoms with Crippen molar-refractivity contribution in [1.82, 2.24) is 25.9 Å². The molecule has 0 fully saturated rings. The first-order valence-corrected chi connectivity index (χ1v) is 9.63. The Hall–Kier alpha value is -3.93. The number of methoxy groups -OCH3 is 1. The van der Waals surface area contributed by atoms with E-state index in [9.17, 15) is 24.3 Å². The molecule has 0 spiro atoms. The van der Waals surface area contributed by atoms with E-state index in [2.05, 4.69) is 30.7 Å². The zero-order chi connectivity index (χ0) is 23.3. The molecule has 0 aliphatic rings. The van der Waals surface area contributed by atoms with Crippen molar-refractivity contribution in [3.8, 4) is 0 Å². The Kier molecular flexibility index (Phi) is 9.66. The average molecular weight is 447 g/mol. The number of aromatic nitrogens is 2. The van der Waals surface area contributed by atoms with E-state index >= 15 is 0 Å². The molecule has 0 saturated carbocycles. The SMILES string of the molecule is COC(=O)[C@H](CO)NC(=O)[C@H](Cc1cnc[nH]1)NC(=O)CNC(=O)OCc1ccccc1. The Morgan fingerprint density at radius 3 is 2.50 bits per heavy atom. The molecule has 0 radical (unpaired) electrons. The van der Waals surface area contributed by atoms with Gasteiger partial charge in [-0.3, -0.25) is 9.59 Å². The molecular formula is C20H25N5O7. The van der Waals surface area contributed by atoms with Gasteiger partial charge in [-0.05, 0) is 5.56 Å². The molecule has 2 rings (SSSR count). The fourth-order valence-electron chi connectivity index (χ4n) is 2.59. The standard InChI is InChI=1S/C20H25N5O7/c1-31-19(29)16(10-26)25-18(28)15(7-14-8-21-12-23-14)24-17(27)9-22-20(30)32-11-13-5-3-2-4-6-13/h2-6,8,12,15-16,26H,7,9-11H2,1H3,(H,21,23)(H,22,30)(H,24,27)(H,25,28)/t15-,16-/m0/s1. The Labute approximate surface area is 183 Å². The lowest BCUT2D eigenvalue weighted by Gasteiger charge is -2.21. The number of carbonyl (C=O) groups excluding carboxylic acids is 4. The second-order valence-electron chi connectivity index (χ2n) is 6.58. The van der Waals surface area contributed by atoms with Gasteiger partial charge in [0.1, 0.15) is 19.2 Å². The number of imidazole rings is 1. The van der Waals surface area contributed by atoms with Gasteiger partial charge in [0, 0.05) is 18.3 Å². The third-order valence-electron chi connectivity index (χ3n) is 4.22. The second-order valence-corrected chi connectivity index (χ2v) is 6.58. The first-order chi connectivity index (χ1) is 15.4. The van der Waals surface area contributed by atoms with Gasteiger partial charge in [-0.2, -0.15) is 0 Å². The molecule has 0 saturated heterocycles. The smallest absolute Gasteiger partial charge is 0.407 e. The number of nitrogens with zero attached hydrogens (tertiary/aromatic N) is 1. The van der Waals surface area contributed by atoms with Crippen LogP contribution in [0.15, 0.2) is 42.9 Å². The normalized spacial score (nSPS) is 12.2. The number of aliphatic hydroxyl groups is 1. The number of esters is 1. The van der Waals surface area contributed by atoms with Crippen LogP contribution in [0.4, 0.5) is 4.79 Å². The summed E-state index contributed by atoms with van der Waals surface area (Å²) in [6, 6.07) is 6.59. The number of rotatable bonds is 11. The number of aliphatic hydroxyl groups excluding tert-OH is 1. The third-order valence-corrected chi connectivity index (χ3v) is 4.22. The van der Waals surface area contributed by atoms with Crippen LogP contribution in [0.2, 0.25) is 0 Å². The summed E-state index contributed by atoms with van der Waals surface area (Å²) in [6.07, 6.45) is 2.09. The van der Waals surface area contributed by atoms with Crippen LogP contribution in [0.3, 0.4) is 0 Å². The topological polar surface area (TPSA) is 172 Å². The van der Waals surface area contributed by atoms with Crippen LogP contribution >= 0.6 is 0 Å². The van der Waals surface area contributed by atoms with Gasteiger partial charge < -0.3 is 35.5 Å². The van der Waals surface area contributed by atoms with Gasteiger partial charge in [0.05, 0.1) is 20.0 Å². The number of nitrogens with one attached hydrogen (secondary N) is 4. The monoisotopic (exact) mass is 447 g/mol. The predicted molar refractivity (Wildman–Crippen MR) is 110 cm³/mol. The van der Waals surface area contributed by atoms with Crippen LogP contribution < -0.4 is 16.0 Å². The average Bonchev–Trinajstić information content (AvgIpc) is 3.32. The maximum atomic E-state index is 12.6. The molecule has 32 heavy (non-hydrogen) atoms. The van der Waals surface area contributed by atoms with E-state index in [-0.39, 0.29) is 13.0 Å². The zero-order valence-electron chi connectivity index (χ0n) is 17.4. The molecule has 3 amide bonds. The molecule has 2 aromatic rings. The van der Waals surface area contributed by atoms with Crippen LogP contribution in [0.1, 0.15) is 11.3 Å². The number of hydrogen-bond donors (Lipinski definition) is 5. The Bertz CT molecular complexity index is 889. The third kappa shape index (κ3) is 8.07. The van der Waals surface area contributed by atoms with Crippen LogP contribution in [0.5, 0.6) is 0 Å². The largest absolute Gasteiger partial charge is 0.467 e. The van der Waals surface area contributed by atoms with E-state index in [4.69, 9.17) is 4.74 Å². The molecule has 1 aromatic carbocycles. The highest BCUT2D eigenvalue weighted by atomic mass is 16.5. The van der Waals surface area contributed by atoms with Crippen molar-refractivity contribution >= 4 is 23.9 Å². The summed E-state index contributed by atoms with van der Waals surface area (Å²) in [5.74, 6) is -2.24. The number of H-pyrrole nitrogens is 1. The zero-order valence-corrected chi connectivity index (χ0v) is 17.4. The molecule has 1 heterocycles. The van der Waals surface area contributed by atoms with Crippen molar-refractivity contribution in [2.45, 2.75) is 25.1 Å². The van der Waals surface area contributed by atoms with Crippen molar-refractivity contribution < 1.29 is 33.8 Å². The lowest BCUT2D eigenvalue weighted by Crippen LogP contribution is -2.55. The first kappa shape index (κ1) is 24.3. The Balaban J connectivity index is 1.89. The predicted octanol–water partition coefficient (Wildman–Crippen LogP) is -0.986. The minimum absolute atomic E-state index is 0.0232. The molecule has 0 aliphatic heterocycles. The van der Waals surface area contributed by atoms with Gasteiger partial charge in [0.2, 0.25) is 11.8 Å². The molecule has 172 valence electrons. The summed E-state index contributed by atoms with van der Waals surface area (Å²) in [5.41, 5.74) is 1.33. The molecule has 0 aliphatic carbocycles. The van der Waals surface area contributed by atoms with E-state index in [1.54, 1.807) is 24.3 Å².